The lowest BCUT2D eigenvalue weighted by Gasteiger charge is -2.38. The van der Waals surface area contributed by atoms with Gasteiger partial charge in [-0.05, 0) is 37.3 Å². The van der Waals surface area contributed by atoms with Gasteiger partial charge in [0.05, 0.1) is 17.5 Å². The number of anilines is 3. The van der Waals surface area contributed by atoms with E-state index in [0.29, 0.717) is 5.56 Å². The van der Waals surface area contributed by atoms with Crippen LogP contribution < -0.4 is 9.80 Å². The zero-order valence-electron chi connectivity index (χ0n) is 12.3. The highest BCUT2D eigenvalue weighted by molar-refractivity contribution is 5.80. The summed E-state index contributed by atoms with van der Waals surface area (Å²) in [6.45, 7) is 3.35. The molecule has 1 N–H and O–H groups in total. The van der Waals surface area contributed by atoms with E-state index in [1.165, 1.54) is 12.1 Å². The van der Waals surface area contributed by atoms with E-state index in [1.54, 1.807) is 13.0 Å². The topological polar surface area (TPSA) is 26.7 Å². The molecule has 110 valence electrons. The van der Waals surface area contributed by atoms with E-state index in [2.05, 4.69) is 29.0 Å². The summed E-state index contributed by atoms with van der Waals surface area (Å²) in [5, 5.41) is 9.96. The van der Waals surface area contributed by atoms with Gasteiger partial charge in [-0.1, -0.05) is 12.1 Å². The molecule has 0 saturated heterocycles. The minimum absolute atomic E-state index is 0.322. The van der Waals surface area contributed by atoms with Crippen molar-refractivity contribution in [3.05, 3.63) is 53.8 Å². The number of para-hydroxylation sites is 2. The Morgan fingerprint density at radius 3 is 2.48 bits per heavy atom. The summed E-state index contributed by atoms with van der Waals surface area (Å²) in [5.41, 5.74) is 3.71. The highest BCUT2D eigenvalue weighted by atomic mass is 19.1. The standard InChI is InChI=1S/C17H19FN2O/c1-12(21)14-11-13(18)7-8-15(14)20-10-9-19(2)16-5-3-4-6-17(16)20/h3-8,11-12,21H,9-10H2,1-2H3/t12-/m1/s1. The molecule has 0 spiro atoms. The highest BCUT2D eigenvalue weighted by Gasteiger charge is 2.24. The Bertz CT molecular complexity index is 657. The molecular weight excluding hydrogens is 267 g/mol. The summed E-state index contributed by atoms with van der Waals surface area (Å²) in [7, 11) is 2.07. The molecule has 1 aliphatic heterocycles. The van der Waals surface area contributed by atoms with Crippen LogP contribution >= 0.6 is 0 Å². The van der Waals surface area contributed by atoms with Gasteiger partial charge in [0.25, 0.3) is 0 Å². The molecule has 0 aromatic heterocycles. The van der Waals surface area contributed by atoms with E-state index in [4.69, 9.17) is 0 Å². The van der Waals surface area contributed by atoms with Gasteiger partial charge >= 0.3 is 0 Å². The lowest BCUT2D eigenvalue weighted by Crippen LogP contribution is -2.36. The van der Waals surface area contributed by atoms with Crippen molar-refractivity contribution in [1.29, 1.82) is 0 Å². The third-order valence-electron chi connectivity index (χ3n) is 3.97. The molecular formula is C17H19FN2O. The normalized spacial score (nSPS) is 15.8. The lowest BCUT2D eigenvalue weighted by molar-refractivity contribution is 0.199. The van der Waals surface area contributed by atoms with Gasteiger partial charge in [-0.15, -0.1) is 0 Å². The summed E-state index contributed by atoms with van der Waals surface area (Å²) >= 11 is 0. The van der Waals surface area contributed by atoms with Gasteiger partial charge in [-0.2, -0.15) is 0 Å². The molecule has 2 aromatic rings. The molecule has 1 atom stereocenters. The van der Waals surface area contributed by atoms with Crippen LogP contribution in [0.3, 0.4) is 0 Å². The van der Waals surface area contributed by atoms with Crippen molar-refractivity contribution in [2.75, 3.05) is 29.9 Å². The summed E-state index contributed by atoms with van der Waals surface area (Å²) in [6, 6.07) is 12.8. The largest absolute Gasteiger partial charge is 0.389 e. The number of nitrogens with zero attached hydrogens (tertiary/aromatic N) is 2. The zero-order chi connectivity index (χ0) is 15.0. The highest BCUT2D eigenvalue weighted by Crippen LogP contribution is 2.39. The van der Waals surface area contributed by atoms with Gasteiger partial charge in [0.2, 0.25) is 0 Å². The number of aliphatic hydroxyl groups excluding tert-OH is 1. The average molecular weight is 286 g/mol. The SMILES string of the molecule is C[C@@H](O)c1cc(F)ccc1N1CCN(C)c2ccccc21. The Hall–Kier alpha value is -2.07. The van der Waals surface area contributed by atoms with Crippen LogP contribution in [-0.2, 0) is 0 Å². The predicted octanol–water partition coefficient (Wildman–Crippen LogP) is 3.47. The quantitative estimate of drug-likeness (QED) is 0.915. The number of aliphatic hydroxyl groups is 1. The van der Waals surface area contributed by atoms with Crippen LogP contribution in [0.4, 0.5) is 21.5 Å². The van der Waals surface area contributed by atoms with E-state index in [-0.39, 0.29) is 5.82 Å². The Kier molecular flexibility index (Phi) is 3.55. The molecule has 3 nitrogen and oxygen atoms in total. The van der Waals surface area contributed by atoms with Crippen LogP contribution in [0.2, 0.25) is 0 Å². The van der Waals surface area contributed by atoms with E-state index in [1.807, 2.05) is 12.1 Å². The minimum atomic E-state index is -0.706. The number of halogens is 1. The van der Waals surface area contributed by atoms with Gasteiger partial charge in [-0.3, -0.25) is 0 Å². The maximum atomic E-state index is 13.5. The van der Waals surface area contributed by atoms with Gasteiger partial charge in [0.1, 0.15) is 5.82 Å². The molecule has 0 unspecified atom stereocenters. The summed E-state index contributed by atoms with van der Waals surface area (Å²) in [4.78, 5) is 4.36. The second-order valence-corrected chi connectivity index (χ2v) is 5.44. The Balaban J connectivity index is 2.12. The first kappa shape index (κ1) is 13.9. The fourth-order valence-electron chi connectivity index (χ4n) is 2.86. The molecule has 21 heavy (non-hydrogen) atoms. The van der Waals surface area contributed by atoms with E-state index >= 15 is 0 Å². The van der Waals surface area contributed by atoms with E-state index in [9.17, 15) is 9.50 Å². The minimum Gasteiger partial charge on any atom is -0.389 e. The number of rotatable bonds is 2. The van der Waals surface area contributed by atoms with Crippen molar-refractivity contribution in [2.24, 2.45) is 0 Å². The fraction of sp³-hybridized carbons (Fsp3) is 0.294. The smallest absolute Gasteiger partial charge is 0.123 e. The van der Waals surface area contributed by atoms with Crippen LogP contribution in [0, 0.1) is 5.82 Å². The maximum absolute atomic E-state index is 13.5. The second-order valence-electron chi connectivity index (χ2n) is 5.44. The monoisotopic (exact) mass is 286 g/mol. The molecule has 4 heteroatoms. The molecule has 0 amide bonds. The second kappa shape index (κ2) is 5.37. The van der Waals surface area contributed by atoms with Gasteiger partial charge in [0, 0.05) is 31.4 Å². The van der Waals surface area contributed by atoms with E-state index < -0.39 is 6.10 Å². The number of hydrogen-bond donors (Lipinski definition) is 1. The zero-order valence-corrected chi connectivity index (χ0v) is 12.3. The molecule has 3 rings (SSSR count). The number of likely N-dealkylation sites (N-methyl/N-ethyl adjacent to an activating group) is 1. The number of fused-ring (bicyclic) bond motifs is 1. The van der Waals surface area contributed by atoms with Crippen LogP contribution in [0.15, 0.2) is 42.5 Å². The van der Waals surface area contributed by atoms with Crippen molar-refractivity contribution in [1.82, 2.24) is 0 Å². The van der Waals surface area contributed by atoms with Gasteiger partial charge < -0.3 is 14.9 Å². The van der Waals surface area contributed by atoms with Crippen LogP contribution in [0.1, 0.15) is 18.6 Å². The van der Waals surface area contributed by atoms with Crippen molar-refractivity contribution in [3.8, 4) is 0 Å². The first-order chi connectivity index (χ1) is 10.1. The molecule has 1 aliphatic rings. The molecule has 2 aromatic carbocycles. The Labute approximate surface area is 124 Å². The number of benzene rings is 2. The number of hydrogen-bond acceptors (Lipinski definition) is 3. The third-order valence-corrected chi connectivity index (χ3v) is 3.97. The van der Waals surface area contributed by atoms with E-state index in [0.717, 1.165) is 30.2 Å². The van der Waals surface area contributed by atoms with Crippen molar-refractivity contribution in [3.63, 3.8) is 0 Å². The summed E-state index contributed by atoms with van der Waals surface area (Å²) < 4.78 is 13.5. The Morgan fingerprint density at radius 2 is 1.76 bits per heavy atom. The first-order valence-corrected chi connectivity index (χ1v) is 7.13. The van der Waals surface area contributed by atoms with Crippen molar-refractivity contribution < 1.29 is 9.50 Å². The summed E-state index contributed by atoms with van der Waals surface area (Å²) in [6.07, 6.45) is -0.706. The maximum Gasteiger partial charge on any atom is 0.123 e. The molecule has 0 radical (unpaired) electrons. The van der Waals surface area contributed by atoms with Crippen LogP contribution in [0.5, 0.6) is 0 Å². The first-order valence-electron chi connectivity index (χ1n) is 7.13. The van der Waals surface area contributed by atoms with Crippen LogP contribution in [0.25, 0.3) is 0 Å². The van der Waals surface area contributed by atoms with Gasteiger partial charge in [-0.25, -0.2) is 4.39 Å². The molecule has 0 saturated carbocycles. The average Bonchev–Trinajstić information content (AvgIpc) is 2.48. The Morgan fingerprint density at radius 1 is 1.05 bits per heavy atom. The third kappa shape index (κ3) is 2.47. The van der Waals surface area contributed by atoms with Crippen molar-refractivity contribution in [2.45, 2.75) is 13.0 Å². The molecule has 0 fully saturated rings. The lowest BCUT2D eigenvalue weighted by atomic mass is 10.0. The fourth-order valence-corrected chi connectivity index (χ4v) is 2.86. The molecule has 0 aliphatic carbocycles. The molecule has 1 heterocycles. The molecule has 0 bridgehead atoms. The summed E-state index contributed by atoms with van der Waals surface area (Å²) in [5.74, 6) is -0.322. The van der Waals surface area contributed by atoms with Crippen molar-refractivity contribution >= 4 is 17.1 Å². The predicted molar refractivity (Wildman–Crippen MR) is 83.8 cm³/mol. The van der Waals surface area contributed by atoms with Gasteiger partial charge in [0.15, 0.2) is 0 Å². The van der Waals surface area contributed by atoms with Crippen LogP contribution in [-0.4, -0.2) is 25.2 Å².